The minimum Gasteiger partial charge on any atom is -0.294 e. The van der Waals surface area contributed by atoms with Crippen LogP contribution in [0.3, 0.4) is 0 Å². The number of ketones is 2. The minimum absolute atomic E-state index is 0.183. The summed E-state index contributed by atoms with van der Waals surface area (Å²) in [6, 6.07) is 24.1. The molecule has 0 bridgehead atoms. The van der Waals surface area contributed by atoms with Crippen molar-refractivity contribution in [3.63, 3.8) is 0 Å². The predicted octanol–water partition coefficient (Wildman–Crippen LogP) is 9.08. The number of hydrogen-bond donors (Lipinski definition) is 0. The summed E-state index contributed by atoms with van der Waals surface area (Å²) in [7, 11) is 0. The van der Waals surface area contributed by atoms with Gasteiger partial charge >= 0.3 is 0 Å². The second-order valence-electron chi connectivity index (χ2n) is 11.6. The van der Waals surface area contributed by atoms with Gasteiger partial charge in [0.05, 0.1) is 11.3 Å². The molecule has 0 saturated heterocycles. The van der Waals surface area contributed by atoms with Gasteiger partial charge < -0.3 is 0 Å². The van der Waals surface area contributed by atoms with Crippen molar-refractivity contribution in [2.45, 2.75) is 48.5 Å². The fourth-order valence-corrected chi connectivity index (χ4v) is 6.54. The first-order valence-electron chi connectivity index (χ1n) is 14.3. The maximum Gasteiger partial charge on any atom is 0.197 e. The molecule has 208 valence electrons. The molecule has 6 rings (SSSR count). The highest BCUT2D eigenvalue weighted by atomic mass is 16.2. The number of aliphatic imine (C=N–C) groups is 1. The number of carbonyl (C=O) groups excluding carboxylic acids is 2. The molecule has 0 saturated carbocycles. The molecule has 0 amide bonds. The van der Waals surface area contributed by atoms with E-state index in [2.05, 4.69) is 70.4 Å². The highest BCUT2D eigenvalue weighted by Gasteiger charge is 2.34. The van der Waals surface area contributed by atoms with Gasteiger partial charge in [-0.2, -0.15) is 0 Å². The molecule has 0 atom stereocenters. The topological polar surface area (TPSA) is 51.4 Å². The molecule has 42 heavy (non-hydrogen) atoms. The molecule has 1 aromatic heterocycles. The van der Waals surface area contributed by atoms with Crippen molar-refractivity contribution in [1.82, 2.24) is 4.57 Å². The van der Waals surface area contributed by atoms with Crippen molar-refractivity contribution in [3.8, 4) is 5.69 Å². The predicted molar refractivity (Wildman–Crippen MR) is 173 cm³/mol. The van der Waals surface area contributed by atoms with E-state index >= 15 is 0 Å². The molecule has 4 nitrogen and oxygen atoms in total. The number of para-hydroxylation sites is 1. The number of hydrogen-bond acceptors (Lipinski definition) is 3. The Labute approximate surface area is 247 Å². The van der Waals surface area contributed by atoms with Crippen LogP contribution < -0.4 is 0 Å². The van der Waals surface area contributed by atoms with Crippen LogP contribution in [0.1, 0.15) is 72.3 Å². The van der Waals surface area contributed by atoms with Gasteiger partial charge in [-0.1, -0.05) is 60.2 Å². The van der Waals surface area contributed by atoms with Gasteiger partial charge in [0, 0.05) is 28.1 Å². The molecular formula is C38H34N2O2. The number of carbonyl (C=O) groups is 2. The molecule has 0 aliphatic heterocycles. The van der Waals surface area contributed by atoms with E-state index in [0.29, 0.717) is 11.1 Å². The lowest BCUT2D eigenvalue weighted by atomic mass is 9.97. The lowest BCUT2D eigenvalue weighted by Crippen LogP contribution is -2.07. The lowest BCUT2D eigenvalue weighted by Gasteiger charge is -2.17. The third-order valence-electron chi connectivity index (χ3n) is 8.32. The number of aryl methyl sites for hydroxylation is 6. The normalized spacial score (nSPS) is 13.3. The third kappa shape index (κ3) is 4.44. The van der Waals surface area contributed by atoms with Gasteiger partial charge in [0.25, 0.3) is 0 Å². The van der Waals surface area contributed by atoms with E-state index in [-0.39, 0.29) is 17.1 Å². The lowest BCUT2D eigenvalue weighted by molar-refractivity contribution is 0.0990. The van der Waals surface area contributed by atoms with Crippen molar-refractivity contribution < 1.29 is 9.59 Å². The monoisotopic (exact) mass is 550 g/mol. The Morgan fingerprint density at radius 1 is 0.667 bits per heavy atom. The van der Waals surface area contributed by atoms with Crippen molar-refractivity contribution in [2.75, 3.05) is 0 Å². The Balaban J connectivity index is 1.57. The summed E-state index contributed by atoms with van der Waals surface area (Å²) in [4.78, 5) is 32.6. The first-order valence-corrected chi connectivity index (χ1v) is 14.3. The number of fused-ring (bicyclic) bond motifs is 2. The Morgan fingerprint density at radius 2 is 1.21 bits per heavy atom. The van der Waals surface area contributed by atoms with Crippen LogP contribution in [-0.4, -0.2) is 21.8 Å². The summed E-state index contributed by atoms with van der Waals surface area (Å²) < 4.78 is 2.11. The third-order valence-corrected chi connectivity index (χ3v) is 8.32. The molecule has 0 radical (unpaired) electrons. The fourth-order valence-electron chi connectivity index (χ4n) is 6.54. The number of benzene rings is 4. The number of Topliss-reactive ketones (excluding diaryl/α,β-unsaturated/α-hetero) is 2. The minimum atomic E-state index is -0.236. The molecule has 5 aromatic rings. The van der Waals surface area contributed by atoms with Gasteiger partial charge in [0.2, 0.25) is 0 Å². The Hall–Kier alpha value is -4.83. The second-order valence-corrected chi connectivity index (χ2v) is 11.6. The summed E-state index contributed by atoms with van der Waals surface area (Å²) in [5.74, 6) is 0.317. The number of allylic oxidation sites excluding steroid dienone is 1. The standard InChI is InChI=1S/C38H34N2O2/c1-21-15-24(4)34(25(5)16-21)27(7)39-38-26(6)17-30(40(38)35-22(2)11-10-12-23(35)3)20-33-36(41)31-18-28-13-8-9-14-29(28)19-32(31)37(33)42/h8-20H,1-7H3/b39-27+. The van der Waals surface area contributed by atoms with Crippen LogP contribution >= 0.6 is 0 Å². The average molecular weight is 551 g/mol. The molecule has 0 N–H and O–H groups in total. The van der Waals surface area contributed by atoms with Crippen LogP contribution in [-0.2, 0) is 0 Å². The summed E-state index contributed by atoms with van der Waals surface area (Å²) in [6.07, 6.45) is 1.75. The van der Waals surface area contributed by atoms with Crippen molar-refractivity contribution >= 4 is 39.9 Å². The van der Waals surface area contributed by atoms with Crippen LogP contribution in [0.25, 0.3) is 22.5 Å². The maximum atomic E-state index is 13.7. The van der Waals surface area contributed by atoms with E-state index in [1.807, 2.05) is 55.5 Å². The largest absolute Gasteiger partial charge is 0.294 e. The molecule has 0 fully saturated rings. The number of aromatic nitrogens is 1. The van der Waals surface area contributed by atoms with Crippen molar-refractivity contribution in [3.05, 3.63) is 134 Å². The van der Waals surface area contributed by atoms with Gasteiger partial charge in [0.1, 0.15) is 5.82 Å². The van der Waals surface area contributed by atoms with Crippen LogP contribution in [0.2, 0.25) is 0 Å². The number of nitrogens with zero attached hydrogens (tertiary/aromatic N) is 2. The summed E-state index contributed by atoms with van der Waals surface area (Å²) in [6.45, 7) is 14.6. The molecular weight excluding hydrogens is 516 g/mol. The van der Waals surface area contributed by atoms with E-state index in [1.165, 1.54) is 16.7 Å². The summed E-state index contributed by atoms with van der Waals surface area (Å²) >= 11 is 0. The van der Waals surface area contributed by atoms with E-state index in [4.69, 9.17) is 4.99 Å². The fraction of sp³-hybridized carbons (Fsp3) is 0.184. The maximum absolute atomic E-state index is 13.7. The van der Waals surface area contributed by atoms with Crippen LogP contribution in [0.5, 0.6) is 0 Å². The first-order chi connectivity index (χ1) is 20.0. The summed E-state index contributed by atoms with van der Waals surface area (Å²) in [5.41, 5.74) is 11.7. The summed E-state index contributed by atoms with van der Waals surface area (Å²) in [5, 5.41) is 1.89. The Bertz CT molecular complexity index is 1930. The van der Waals surface area contributed by atoms with Crippen molar-refractivity contribution in [1.29, 1.82) is 0 Å². The van der Waals surface area contributed by atoms with E-state index in [1.54, 1.807) is 6.08 Å². The zero-order chi connectivity index (χ0) is 29.9. The van der Waals surface area contributed by atoms with Gasteiger partial charge in [-0.25, -0.2) is 4.99 Å². The molecule has 0 spiro atoms. The van der Waals surface area contributed by atoms with Gasteiger partial charge in [0.15, 0.2) is 11.6 Å². The van der Waals surface area contributed by atoms with E-state index in [0.717, 1.165) is 55.9 Å². The molecule has 4 aromatic carbocycles. The Kier molecular flexibility index (Phi) is 6.65. The van der Waals surface area contributed by atoms with Gasteiger partial charge in [-0.05, 0) is 111 Å². The number of rotatable bonds is 4. The highest BCUT2D eigenvalue weighted by molar-refractivity contribution is 6.42. The smallest absolute Gasteiger partial charge is 0.197 e. The van der Waals surface area contributed by atoms with Crippen LogP contribution in [0.4, 0.5) is 5.82 Å². The first kappa shape index (κ1) is 27.3. The highest BCUT2D eigenvalue weighted by Crippen LogP contribution is 2.36. The van der Waals surface area contributed by atoms with Crippen LogP contribution in [0, 0.1) is 41.5 Å². The second kappa shape index (κ2) is 10.2. The quantitative estimate of drug-likeness (QED) is 0.127. The molecule has 1 aliphatic carbocycles. The SMILES string of the molecule is C/C(=N\c1c(C)cc(C=C2C(=O)c3cc4ccccc4cc3C2=O)n1-c1c(C)cccc1C)c1c(C)cc(C)cc1C. The zero-order valence-electron chi connectivity index (χ0n) is 25.2. The molecule has 4 heteroatoms. The van der Waals surface area contributed by atoms with E-state index in [9.17, 15) is 9.59 Å². The van der Waals surface area contributed by atoms with Crippen LogP contribution in [0.15, 0.2) is 83.4 Å². The van der Waals surface area contributed by atoms with Crippen molar-refractivity contribution in [2.24, 2.45) is 4.99 Å². The molecule has 0 unspecified atom stereocenters. The van der Waals surface area contributed by atoms with E-state index < -0.39 is 0 Å². The van der Waals surface area contributed by atoms with Gasteiger partial charge in [-0.15, -0.1) is 0 Å². The van der Waals surface area contributed by atoms with Gasteiger partial charge in [-0.3, -0.25) is 14.2 Å². The Morgan fingerprint density at radius 3 is 1.76 bits per heavy atom. The molecule has 1 heterocycles. The average Bonchev–Trinajstić information content (AvgIpc) is 3.34. The zero-order valence-corrected chi connectivity index (χ0v) is 25.2. The molecule has 1 aliphatic rings.